The average Bonchev–Trinajstić information content (AvgIpc) is 2.29. The fraction of sp³-hybridized carbons (Fsp3) is 0.900. The van der Waals surface area contributed by atoms with Gasteiger partial charge in [0.1, 0.15) is 0 Å². The minimum absolute atomic E-state index is 0.173. The minimum atomic E-state index is -0.256. The fourth-order valence-corrected chi connectivity index (χ4v) is 3.79. The SMILES string of the molecule is C[C@@H]1CCCC2SCCC(N)C(=O)N21. The van der Waals surface area contributed by atoms with Gasteiger partial charge in [-0.15, -0.1) is 11.8 Å². The molecule has 2 fully saturated rings. The molecule has 2 aliphatic heterocycles. The van der Waals surface area contributed by atoms with E-state index in [1.54, 1.807) is 0 Å². The van der Waals surface area contributed by atoms with Crippen molar-refractivity contribution in [1.82, 2.24) is 4.90 Å². The van der Waals surface area contributed by atoms with Gasteiger partial charge in [-0.3, -0.25) is 4.79 Å². The van der Waals surface area contributed by atoms with Crippen LogP contribution in [0.1, 0.15) is 32.6 Å². The van der Waals surface area contributed by atoms with Gasteiger partial charge in [0, 0.05) is 6.04 Å². The van der Waals surface area contributed by atoms with Crippen molar-refractivity contribution in [3.8, 4) is 0 Å². The summed E-state index contributed by atoms with van der Waals surface area (Å²) in [6.07, 6.45) is 4.37. The van der Waals surface area contributed by atoms with Gasteiger partial charge < -0.3 is 10.6 Å². The number of nitrogens with zero attached hydrogens (tertiary/aromatic N) is 1. The van der Waals surface area contributed by atoms with Gasteiger partial charge in [-0.05, 0) is 38.4 Å². The van der Waals surface area contributed by atoms with Gasteiger partial charge in [-0.1, -0.05) is 0 Å². The number of carbonyl (C=O) groups is 1. The van der Waals surface area contributed by atoms with E-state index >= 15 is 0 Å². The maximum atomic E-state index is 12.0. The summed E-state index contributed by atoms with van der Waals surface area (Å²) < 4.78 is 0. The molecule has 80 valence electrons. The first-order chi connectivity index (χ1) is 6.70. The molecule has 4 heteroatoms. The summed E-state index contributed by atoms with van der Waals surface area (Å²) in [5.41, 5.74) is 5.84. The molecule has 0 spiro atoms. The molecule has 2 unspecified atom stereocenters. The standard InChI is InChI=1S/C10H18N2OS/c1-7-3-2-4-9-12(7)10(13)8(11)5-6-14-9/h7-9H,2-6,11H2,1H3/t7-,8?,9?/m1/s1. The van der Waals surface area contributed by atoms with Crippen LogP contribution in [0, 0.1) is 0 Å². The highest BCUT2D eigenvalue weighted by Gasteiger charge is 2.36. The second-order valence-corrected chi connectivity index (χ2v) is 5.53. The molecule has 2 N–H and O–H groups in total. The van der Waals surface area contributed by atoms with Crippen molar-refractivity contribution >= 4 is 17.7 Å². The molecule has 2 heterocycles. The zero-order chi connectivity index (χ0) is 10.1. The molecule has 2 saturated heterocycles. The van der Waals surface area contributed by atoms with Crippen LogP contribution in [0.15, 0.2) is 0 Å². The maximum Gasteiger partial charge on any atom is 0.240 e. The lowest BCUT2D eigenvalue weighted by molar-refractivity contribution is -0.136. The first kappa shape index (κ1) is 10.3. The highest BCUT2D eigenvalue weighted by Crippen LogP contribution is 2.33. The first-order valence-corrected chi connectivity index (χ1v) is 6.44. The second kappa shape index (κ2) is 4.11. The van der Waals surface area contributed by atoms with Crippen molar-refractivity contribution in [1.29, 1.82) is 0 Å². The van der Waals surface area contributed by atoms with Crippen molar-refractivity contribution in [3.63, 3.8) is 0 Å². The smallest absolute Gasteiger partial charge is 0.240 e. The van der Waals surface area contributed by atoms with E-state index in [0.717, 1.165) is 25.0 Å². The van der Waals surface area contributed by atoms with Crippen LogP contribution in [0.3, 0.4) is 0 Å². The topological polar surface area (TPSA) is 46.3 Å². The molecule has 3 atom stereocenters. The van der Waals surface area contributed by atoms with E-state index in [-0.39, 0.29) is 11.9 Å². The quantitative estimate of drug-likeness (QED) is 0.658. The van der Waals surface area contributed by atoms with Crippen LogP contribution in [0.25, 0.3) is 0 Å². The summed E-state index contributed by atoms with van der Waals surface area (Å²) in [7, 11) is 0. The van der Waals surface area contributed by atoms with Gasteiger partial charge >= 0.3 is 0 Å². The van der Waals surface area contributed by atoms with Crippen molar-refractivity contribution in [2.24, 2.45) is 5.73 Å². The van der Waals surface area contributed by atoms with E-state index < -0.39 is 0 Å². The highest BCUT2D eigenvalue weighted by molar-refractivity contribution is 7.99. The molecule has 2 rings (SSSR count). The largest absolute Gasteiger partial charge is 0.327 e. The summed E-state index contributed by atoms with van der Waals surface area (Å²) >= 11 is 1.90. The van der Waals surface area contributed by atoms with Crippen molar-refractivity contribution < 1.29 is 4.79 Å². The molecule has 0 radical (unpaired) electrons. The van der Waals surface area contributed by atoms with Crippen LogP contribution in [-0.2, 0) is 4.79 Å². The van der Waals surface area contributed by atoms with Crippen LogP contribution >= 0.6 is 11.8 Å². The Labute approximate surface area is 89.4 Å². The third kappa shape index (κ3) is 1.77. The molecule has 1 amide bonds. The van der Waals surface area contributed by atoms with Crippen LogP contribution in [-0.4, -0.2) is 34.0 Å². The van der Waals surface area contributed by atoms with E-state index in [1.807, 2.05) is 16.7 Å². The third-order valence-corrected chi connectivity index (χ3v) is 4.49. The van der Waals surface area contributed by atoms with Crippen LogP contribution in [0.4, 0.5) is 0 Å². The summed E-state index contributed by atoms with van der Waals surface area (Å²) in [6, 6.07) is 0.131. The molecule has 2 aliphatic rings. The summed E-state index contributed by atoms with van der Waals surface area (Å²) in [5, 5.41) is 0.403. The Kier molecular flexibility index (Phi) is 3.02. The Morgan fingerprint density at radius 2 is 2.21 bits per heavy atom. The van der Waals surface area contributed by atoms with Gasteiger partial charge in [0.15, 0.2) is 0 Å². The van der Waals surface area contributed by atoms with Gasteiger partial charge in [0.2, 0.25) is 5.91 Å². The molecular formula is C10H18N2OS. The molecule has 14 heavy (non-hydrogen) atoms. The van der Waals surface area contributed by atoms with Gasteiger partial charge in [-0.25, -0.2) is 0 Å². The zero-order valence-electron chi connectivity index (χ0n) is 8.61. The number of fused-ring (bicyclic) bond motifs is 1. The Hall–Kier alpha value is -0.220. The number of nitrogens with two attached hydrogens (primary N) is 1. The number of thioether (sulfide) groups is 1. The second-order valence-electron chi connectivity index (χ2n) is 4.25. The number of amides is 1. The molecule has 0 aromatic heterocycles. The molecule has 0 saturated carbocycles. The van der Waals surface area contributed by atoms with Crippen molar-refractivity contribution in [2.75, 3.05) is 5.75 Å². The Bertz CT molecular complexity index is 234. The monoisotopic (exact) mass is 214 g/mol. The number of piperidine rings is 1. The first-order valence-electron chi connectivity index (χ1n) is 5.39. The predicted octanol–water partition coefficient (Wildman–Crippen LogP) is 1.18. The van der Waals surface area contributed by atoms with E-state index in [2.05, 4.69) is 6.92 Å². The van der Waals surface area contributed by atoms with Crippen molar-refractivity contribution in [2.45, 2.75) is 50.1 Å². The highest BCUT2D eigenvalue weighted by atomic mass is 32.2. The number of carbonyl (C=O) groups excluding carboxylic acids is 1. The van der Waals surface area contributed by atoms with Crippen LogP contribution in [0.2, 0.25) is 0 Å². The summed E-state index contributed by atoms with van der Waals surface area (Å²) in [4.78, 5) is 14.0. The van der Waals surface area contributed by atoms with Gasteiger partial charge in [0.25, 0.3) is 0 Å². The predicted molar refractivity (Wildman–Crippen MR) is 59.0 cm³/mol. The normalized spacial score (nSPS) is 39.1. The molecule has 3 nitrogen and oxygen atoms in total. The fourth-order valence-electron chi connectivity index (χ4n) is 2.32. The van der Waals surface area contributed by atoms with E-state index in [9.17, 15) is 4.79 Å². The molecule has 0 aliphatic carbocycles. The summed E-state index contributed by atoms with van der Waals surface area (Å²) in [6.45, 7) is 2.14. The lowest BCUT2D eigenvalue weighted by Crippen LogP contribution is -2.51. The lowest BCUT2D eigenvalue weighted by Gasteiger charge is -2.39. The maximum absolute atomic E-state index is 12.0. The molecule has 0 aromatic carbocycles. The van der Waals surface area contributed by atoms with E-state index in [4.69, 9.17) is 5.73 Å². The summed E-state index contributed by atoms with van der Waals surface area (Å²) in [5.74, 6) is 1.20. The number of hydrogen-bond acceptors (Lipinski definition) is 3. The number of rotatable bonds is 0. The van der Waals surface area contributed by atoms with Crippen molar-refractivity contribution in [3.05, 3.63) is 0 Å². The van der Waals surface area contributed by atoms with Crippen LogP contribution < -0.4 is 5.73 Å². The Morgan fingerprint density at radius 3 is 3.00 bits per heavy atom. The van der Waals surface area contributed by atoms with E-state index in [1.165, 1.54) is 6.42 Å². The molecular weight excluding hydrogens is 196 g/mol. The molecule has 0 aromatic rings. The van der Waals surface area contributed by atoms with Crippen LogP contribution in [0.5, 0.6) is 0 Å². The van der Waals surface area contributed by atoms with Gasteiger partial charge in [-0.2, -0.15) is 0 Å². The Balaban J connectivity index is 2.18. The molecule has 0 bridgehead atoms. The zero-order valence-corrected chi connectivity index (χ0v) is 9.43. The number of hydrogen-bond donors (Lipinski definition) is 1. The average molecular weight is 214 g/mol. The van der Waals surface area contributed by atoms with Gasteiger partial charge in [0.05, 0.1) is 11.4 Å². The van der Waals surface area contributed by atoms with E-state index in [0.29, 0.717) is 11.4 Å². The minimum Gasteiger partial charge on any atom is -0.327 e. The Morgan fingerprint density at radius 1 is 1.43 bits per heavy atom. The third-order valence-electron chi connectivity index (χ3n) is 3.17. The lowest BCUT2D eigenvalue weighted by atomic mass is 10.0.